The summed E-state index contributed by atoms with van der Waals surface area (Å²) in [5, 5.41) is 3.28. The summed E-state index contributed by atoms with van der Waals surface area (Å²) in [7, 11) is 0. The number of benzene rings is 2. The van der Waals surface area contributed by atoms with Crippen LogP contribution in [0.15, 0.2) is 53.0 Å². The van der Waals surface area contributed by atoms with Crippen molar-refractivity contribution < 1.29 is 4.79 Å². The van der Waals surface area contributed by atoms with Crippen LogP contribution >= 0.6 is 27.5 Å². The van der Waals surface area contributed by atoms with Crippen LogP contribution in [0.4, 0.5) is 5.69 Å². The number of carbonyl (C=O) groups excluding carboxylic acids is 1. The number of hydrogen-bond donors (Lipinski definition) is 1. The molecule has 4 heteroatoms. The highest BCUT2D eigenvalue weighted by molar-refractivity contribution is 9.10. The Labute approximate surface area is 113 Å². The molecule has 2 rings (SSSR count). The molecule has 0 aromatic heterocycles. The highest BCUT2D eigenvalue weighted by Crippen LogP contribution is 2.26. The Balaban J connectivity index is 2.22. The molecule has 0 aliphatic heterocycles. The average molecular weight is 311 g/mol. The van der Waals surface area contributed by atoms with Gasteiger partial charge in [0, 0.05) is 10.0 Å². The Bertz CT molecular complexity index is 542. The third-order valence-electron chi connectivity index (χ3n) is 2.21. The first-order valence-corrected chi connectivity index (χ1v) is 6.15. The highest BCUT2D eigenvalue weighted by atomic mass is 79.9. The Morgan fingerprint density at radius 2 is 1.82 bits per heavy atom. The molecular formula is C13H9BrClNO. The lowest BCUT2D eigenvalue weighted by Gasteiger charge is -2.07. The van der Waals surface area contributed by atoms with Crippen LogP contribution in [0, 0.1) is 0 Å². The lowest BCUT2D eigenvalue weighted by molar-refractivity contribution is 0.102. The predicted molar refractivity (Wildman–Crippen MR) is 73.5 cm³/mol. The molecule has 0 aliphatic carbocycles. The van der Waals surface area contributed by atoms with E-state index >= 15 is 0 Å². The molecule has 2 aromatic rings. The van der Waals surface area contributed by atoms with Gasteiger partial charge in [-0.05, 0) is 30.3 Å². The molecule has 0 fully saturated rings. The zero-order chi connectivity index (χ0) is 12.3. The standard InChI is InChI=1S/C13H9BrClNO/c14-10-6-7-11(15)12(8-10)16-13(17)9-4-2-1-3-5-9/h1-8H,(H,16,17). The number of rotatable bonds is 2. The van der Waals surface area contributed by atoms with Gasteiger partial charge >= 0.3 is 0 Å². The molecule has 17 heavy (non-hydrogen) atoms. The van der Waals surface area contributed by atoms with E-state index in [1.165, 1.54) is 0 Å². The third kappa shape index (κ3) is 3.08. The van der Waals surface area contributed by atoms with Gasteiger partial charge in [-0.25, -0.2) is 0 Å². The van der Waals surface area contributed by atoms with E-state index < -0.39 is 0 Å². The Morgan fingerprint density at radius 1 is 1.12 bits per heavy atom. The van der Waals surface area contributed by atoms with Crippen molar-refractivity contribution in [2.75, 3.05) is 5.32 Å². The SMILES string of the molecule is O=C(Nc1cc(Br)ccc1Cl)c1ccccc1. The zero-order valence-electron chi connectivity index (χ0n) is 8.78. The summed E-state index contributed by atoms with van der Waals surface area (Å²) < 4.78 is 0.866. The van der Waals surface area contributed by atoms with Gasteiger partial charge in [0.2, 0.25) is 0 Å². The summed E-state index contributed by atoms with van der Waals surface area (Å²) in [6.07, 6.45) is 0. The minimum absolute atomic E-state index is 0.175. The first-order valence-electron chi connectivity index (χ1n) is 4.98. The minimum atomic E-state index is -0.175. The fraction of sp³-hybridized carbons (Fsp3) is 0. The lowest BCUT2D eigenvalue weighted by Crippen LogP contribution is -2.11. The first-order chi connectivity index (χ1) is 8.16. The second-order valence-electron chi connectivity index (χ2n) is 3.44. The van der Waals surface area contributed by atoms with Crippen molar-refractivity contribution >= 4 is 39.1 Å². The van der Waals surface area contributed by atoms with Crippen molar-refractivity contribution in [1.29, 1.82) is 0 Å². The summed E-state index contributed by atoms with van der Waals surface area (Å²) in [4.78, 5) is 11.9. The molecule has 0 spiro atoms. The van der Waals surface area contributed by atoms with E-state index in [1.807, 2.05) is 24.3 Å². The van der Waals surface area contributed by atoms with E-state index in [0.29, 0.717) is 16.3 Å². The molecule has 1 amide bonds. The topological polar surface area (TPSA) is 29.1 Å². The van der Waals surface area contributed by atoms with Gasteiger partial charge in [0.25, 0.3) is 5.91 Å². The van der Waals surface area contributed by atoms with E-state index in [2.05, 4.69) is 21.2 Å². The van der Waals surface area contributed by atoms with Crippen LogP contribution in [-0.2, 0) is 0 Å². The van der Waals surface area contributed by atoms with Crippen LogP contribution in [0.5, 0.6) is 0 Å². The van der Waals surface area contributed by atoms with Crippen molar-refractivity contribution in [3.63, 3.8) is 0 Å². The molecule has 2 nitrogen and oxygen atoms in total. The van der Waals surface area contributed by atoms with Gasteiger partial charge < -0.3 is 5.32 Å². The van der Waals surface area contributed by atoms with Crippen molar-refractivity contribution in [2.24, 2.45) is 0 Å². The fourth-order valence-electron chi connectivity index (χ4n) is 1.38. The van der Waals surface area contributed by atoms with Crippen molar-refractivity contribution in [3.8, 4) is 0 Å². The Hall–Kier alpha value is -1.32. The molecule has 0 unspecified atom stereocenters. The van der Waals surface area contributed by atoms with Crippen LogP contribution in [0.3, 0.4) is 0 Å². The molecule has 1 N–H and O–H groups in total. The van der Waals surface area contributed by atoms with Crippen LogP contribution in [-0.4, -0.2) is 5.91 Å². The van der Waals surface area contributed by atoms with Crippen LogP contribution in [0.25, 0.3) is 0 Å². The molecule has 0 saturated heterocycles. The second kappa shape index (κ2) is 5.34. The predicted octanol–water partition coefficient (Wildman–Crippen LogP) is 4.35. The van der Waals surface area contributed by atoms with E-state index in [0.717, 1.165) is 4.47 Å². The number of halogens is 2. The van der Waals surface area contributed by atoms with Crippen molar-refractivity contribution in [1.82, 2.24) is 0 Å². The fourth-order valence-corrected chi connectivity index (χ4v) is 1.90. The quantitative estimate of drug-likeness (QED) is 0.877. The van der Waals surface area contributed by atoms with Crippen LogP contribution < -0.4 is 5.32 Å². The molecule has 0 saturated carbocycles. The second-order valence-corrected chi connectivity index (χ2v) is 4.77. The van der Waals surface area contributed by atoms with Gasteiger partial charge in [0.15, 0.2) is 0 Å². The number of anilines is 1. The van der Waals surface area contributed by atoms with Gasteiger partial charge in [-0.1, -0.05) is 45.7 Å². The van der Waals surface area contributed by atoms with Gasteiger partial charge in [-0.15, -0.1) is 0 Å². The van der Waals surface area contributed by atoms with E-state index in [9.17, 15) is 4.79 Å². The molecular weight excluding hydrogens is 302 g/mol. The van der Waals surface area contributed by atoms with Crippen LogP contribution in [0.2, 0.25) is 5.02 Å². The molecule has 0 radical (unpaired) electrons. The Kier molecular flexibility index (Phi) is 3.82. The maximum absolute atomic E-state index is 11.9. The van der Waals surface area contributed by atoms with Crippen molar-refractivity contribution in [2.45, 2.75) is 0 Å². The zero-order valence-corrected chi connectivity index (χ0v) is 11.1. The number of amides is 1. The van der Waals surface area contributed by atoms with E-state index in [4.69, 9.17) is 11.6 Å². The summed E-state index contributed by atoms with van der Waals surface area (Å²) in [5.41, 5.74) is 1.19. The normalized spacial score (nSPS) is 10.0. The summed E-state index contributed by atoms with van der Waals surface area (Å²) >= 11 is 9.32. The highest BCUT2D eigenvalue weighted by Gasteiger charge is 2.07. The van der Waals surface area contributed by atoms with Crippen molar-refractivity contribution in [3.05, 3.63) is 63.6 Å². The summed E-state index contributed by atoms with van der Waals surface area (Å²) in [5.74, 6) is -0.175. The maximum atomic E-state index is 11.9. The lowest BCUT2D eigenvalue weighted by atomic mass is 10.2. The molecule has 0 heterocycles. The summed E-state index contributed by atoms with van der Waals surface area (Å²) in [6.45, 7) is 0. The number of hydrogen-bond acceptors (Lipinski definition) is 1. The smallest absolute Gasteiger partial charge is 0.255 e. The molecule has 86 valence electrons. The first kappa shape index (κ1) is 12.1. The molecule has 0 atom stereocenters. The minimum Gasteiger partial charge on any atom is -0.321 e. The third-order valence-corrected chi connectivity index (χ3v) is 3.04. The van der Waals surface area contributed by atoms with Gasteiger partial charge in [0.1, 0.15) is 0 Å². The summed E-state index contributed by atoms with van der Waals surface area (Å²) in [6, 6.07) is 14.3. The molecule has 0 bridgehead atoms. The average Bonchev–Trinajstić information content (AvgIpc) is 2.35. The number of carbonyl (C=O) groups is 1. The molecule has 2 aromatic carbocycles. The monoisotopic (exact) mass is 309 g/mol. The largest absolute Gasteiger partial charge is 0.321 e. The van der Waals surface area contributed by atoms with E-state index in [-0.39, 0.29) is 5.91 Å². The molecule has 0 aliphatic rings. The van der Waals surface area contributed by atoms with Gasteiger partial charge in [0.05, 0.1) is 10.7 Å². The van der Waals surface area contributed by atoms with E-state index in [1.54, 1.807) is 24.3 Å². The maximum Gasteiger partial charge on any atom is 0.255 e. The van der Waals surface area contributed by atoms with Gasteiger partial charge in [-0.3, -0.25) is 4.79 Å². The van der Waals surface area contributed by atoms with Crippen LogP contribution in [0.1, 0.15) is 10.4 Å². The van der Waals surface area contributed by atoms with Gasteiger partial charge in [-0.2, -0.15) is 0 Å². The Morgan fingerprint density at radius 3 is 2.53 bits per heavy atom. The number of nitrogens with one attached hydrogen (secondary N) is 1.